The summed E-state index contributed by atoms with van der Waals surface area (Å²) in [6.45, 7) is 64.8. The van der Waals surface area contributed by atoms with E-state index >= 15 is 0 Å². The van der Waals surface area contributed by atoms with Crippen molar-refractivity contribution in [2.45, 2.75) is 306 Å². The molecule has 4 fully saturated rings. The molecule has 0 amide bonds. The molecule has 0 unspecified atom stereocenters. The molecule has 100 heavy (non-hydrogen) atoms. The summed E-state index contributed by atoms with van der Waals surface area (Å²) in [5, 5.41) is 0. The van der Waals surface area contributed by atoms with Gasteiger partial charge < -0.3 is 143 Å². The van der Waals surface area contributed by atoms with Crippen LogP contribution in [0.25, 0.3) is 0 Å². The predicted molar refractivity (Wildman–Crippen MR) is 348 cm³/mol. The Morgan fingerprint density at radius 2 is 0.260 bits per heavy atom. The molecular weight excluding hydrogens is 3970 g/mol. The minimum atomic E-state index is 0. The first-order valence-corrected chi connectivity index (χ1v) is 22.3. The maximum absolute atomic E-state index is 3.38. The van der Waals surface area contributed by atoms with E-state index in [1.165, 1.54) is 77.0 Å². The summed E-state index contributed by atoms with van der Waals surface area (Å²) in [7, 11) is 0. The number of fused-ring (bicyclic) bond motifs is 2. The minimum Gasteiger partial charge on any atom is -0.377 e. The zero-order valence-electron chi connectivity index (χ0n) is 65.4. The fourth-order valence-corrected chi connectivity index (χ4v) is 4.78. The van der Waals surface area contributed by atoms with Crippen molar-refractivity contribution < 1.29 is 1180 Å². The van der Waals surface area contributed by atoms with Gasteiger partial charge in [-0.3, -0.25) is 0 Å². The van der Waals surface area contributed by atoms with Crippen LogP contribution in [-0.2, 0) is 1180 Å². The third-order valence-electron chi connectivity index (χ3n) is 5.96. The van der Waals surface area contributed by atoms with Gasteiger partial charge in [-0.25, -0.2) is 13.4 Å². The molecule has 0 aromatic carbocycles. The van der Waals surface area contributed by atoms with Gasteiger partial charge in [-0.2, -0.15) is 25.7 Å². The molecule has 0 spiro atoms. The third-order valence-corrected chi connectivity index (χ3v) is 5.96. The van der Waals surface area contributed by atoms with Crippen LogP contribution in [0.5, 0.6) is 0 Å². The summed E-state index contributed by atoms with van der Waals surface area (Å²) in [4.78, 5) is 0. The van der Waals surface area contributed by atoms with Crippen LogP contribution in [0, 0.1) is 118 Å². The third kappa shape index (κ3) is 449. The van der Waals surface area contributed by atoms with Crippen LogP contribution >= 0.6 is 0 Å². The van der Waals surface area contributed by atoms with Crippen molar-refractivity contribution in [3.05, 3.63) is 118 Å². The molecule has 0 bridgehead atoms. The summed E-state index contributed by atoms with van der Waals surface area (Å²) in [6, 6.07) is 0. The van der Waals surface area contributed by atoms with Gasteiger partial charge in [-0.15, -0.1) is 11.6 Å². The van der Waals surface area contributed by atoms with E-state index in [-0.39, 0.29) is 1280 Å². The smallest absolute Gasteiger partial charge is 0.377 e. The molecule has 4 saturated heterocycles. The van der Waals surface area contributed by atoms with Crippen molar-refractivity contribution in [1.82, 2.24) is 0 Å². The van der Waals surface area contributed by atoms with Crippen LogP contribution in [0.1, 0.15) is 294 Å². The molecule has 0 N–H and O–H groups in total. The van der Waals surface area contributed by atoms with E-state index in [9.17, 15) is 0 Å². The van der Waals surface area contributed by atoms with Gasteiger partial charge in [-0.05, 0) is 0 Å². The summed E-state index contributed by atoms with van der Waals surface area (Å²) >= 11 is 0. The van der Waals surface area contributed by atoms with Gasteiger partial charge in [0.15, 0.2) is 0 Å². The molecule has 4 rings (SSSR count). The van der Waals surface area contributed by atoms with E-state index in [0.29, 0.717) is 0 Å². The Bertz CT molecular complexity index is 339. The summed E-state index contributed by atoms with van der Waals surface area (Å²) in [6.07, 6.45) is 30.4. The van der Waals surface area contributed by atoms with Gasteiger partial charge in [0.2, 0.25) is 0 Å². The molecule has 4 aliphatic heterocycles. The molecule has 35 radical (unpaired) electrons. The van der Waals surface area contributed by atoms with E-state index in [2.05, 4.69) is 80.7 Å². The van der Waals surface area contributed by atoms with Gasteiger partial charge in [0.1, 0.15) is 0 Å². The Kier molecular flexibility index (Phi) is 2220. The SMILES string of the molecule is C.C.C.C.C.C.C.C.C.CC.CC.CC.CC.CC.CC.CC.CC.CC.[CH-]1CCCC2CCC[CH-]B12.[CH-]1CCCC2CCC[CH-]B12.[CH2-]C[CH2-].[CH2-]C[CH2-].[CH2-]C[CH2-].[CH2-]C[CH2-].[CH3-].[CH3-].[CH3-].[CH3-].[CH3-].[Y+3].[Y].[Y].[Y].[Y].[Y].[Y].[Y].[Y].[Y].[Y].[Y].[Y].[Y].[Y].[Y].[Y].[Y].[Y].[Y].[Y].[Y].[Y].[Y].[Y].[Y].[Y].[Y].[Y].[Y].[Y].[Y].[Y].[Y].[Y].[Y]. The average Bonchev–Trinajstić information content (AvgIpc) is 3.23. The Balaban J connectivity index is -0.00000000277. The van der Waals surface area contributed by atoms with Gasteiger partial charge >= 0.3 is 32.7 Å². The van der Waals surface area contributed by atoms with E-state index in [0.717, 1.165) is 50.7 Å². The molecule has 0 aromatic heterocycles. The molecule has 0 aliphatic carbocycles. The van der Waals surface area contributed by atoms with Crippen LogP contribution in [-0.4, -0.2) is 13.4 Å². The van der Waals surface area contributed by atoms with Crippen LogP contribution in [0.2, 0.25) is 11.6 Å². The van der Waals surface area contributed by atoms with Gasteiger partial charge in [0, 0.05) is 1140 Å². The Morgan fingerprint density at radius 1 is 0.200 bits per heavy atom. The van der Waals surface area contributed by atoms with Crippen LogP contribution < -0.4 is 0 Å². The van der Waals surface area contributed by atoms with Crippen LogP contribution in [0.15, 0.2) is 0 Å². The fourth-order valence-electron chi connectivity index (χ4n) is 4.78. The summed E-state index contributed by atoms with van der Waals surface area (Å²) in [5.41, 5.74) is 0. The second-order valence-electron chi connectivity index (χ2n) is 8.76. The van der Waals surface area contributed by atoms with E-state index in [1.54, 1.807) is 0 Å². The number of rotatable bonds is 0. The summed E-state index contributed by atoms with van der Waals surface area (Å²) < 4.78 is 0. The Morgan fingerprint density at radius 3 is 0.310 bits per heavy atom. The minimum absolute atomic E-state index is 0. The monoisotopic (exact) mass is 4130 g/mol. The van der Waals surface area contributed by atoms with Crippen LogP contribution in [0.3, 0.4) is 0 Å². The zero-order valence-corrected chi connectivity index (χ0v) is 168. The fraction of sp³-hybridized carbons (Fsp3) is 0.726. The van der Waals surface area contributed by atoms with Gasteiger partial charge in [0.05, 0.1) is 0 Å². The predicted octanol–water partition coefficient (Wildman–Crippen LogP) is 26.7. The van der Waals surface area contributed by atoms with E-state index < -0.39 is 0 Å². The Hall–Kier alpha value is 39.9. The number of hydrogen-bond donors (Lipinski definition) is 0. The molecule has 0 aromatic rings. The molecule has 38 heteroatoms. The van der Waals surface area contributed by atoms with E-state index in [4.69, 9.17) is 0 Å². The maximum atomic E-state index is 3.38. The average molecular weight is 4130 g/mol. The van der Waals surface area contributed by atoms with Gasteiger partial charge in [-0.1, -0.05) is 243 Å². The first-order chi connectivity index (χ1) is 24.6. The first-order valence-electron chi connectivity index (χ1n) is 22.3. The van der Waals surface area contributed by atoms with E-state index in [1.807, 2.05) is 125 Å². The standard InChI is InChI=1S/2C9H15B.4C3H6.9C2H6.9CH4.5CH3.36Y/c2*1-3-7-10-8-4-2-6-9(10)5-1;4*1-3-2;9*1-2;;;;;;;;;;;;;;;;;;;;;;;;;;;;;;;;;;;;;;;;;;;;;;;;;;/h2*7-9H,1-6H2;4*1-3H2;9*1-2H3;9*1H4;5*1H3;;;;;;;;;;;;;;;;;;;;;;;;;;;;;;;;;;;;/q6*-2;;;;;;;;;;;;;;;;;;;5*-1;;;;;;;;;;;;;;;;;;;;;;;;;;;;;;;;;;;;+3. The second kappa shape index (κ2) is 511. The van der Waals surface area contributed by atoms with Gasteiger partial charge in [0.25, 0.3) is 0 Å². The molecule has 4 heterocycles. The molecule has 4 aliphatic rings. The van der Waals surface area contributed by atoms with Crippen molar-refractivity contribution in [3.8, 4) is 0 Å². The first kappa shape index (κ1) is 434. The molecule has 0 saturated carbocycles. The van der Waals surface area contributed by atoms with Crippen molar-refractivity contribution in [2.24, 2.45) is 0 Å². The topological polar surface area (TPSA) is 0 Å². The quantitative estimate of drug-likeness (QED) is 0.168. The maximum Gasteiger partial charge on any atom is 3.00 e. The molecule has 0 atom stereocenters. The molecule has 535 valence electrons. The summed E-state index contributed by atoms with van der Waals surface area (Å²) in [5.74, 6) is 2.09. The van der Waals surface area contributed by atoms with Crippen LogP contribution in [0.4, 0.5) is 0 Å². The normalized spacial score (nSPS) is 6.90. The second-order valence-corrected chi connectivity index (χ2v) is 8.76. The van der Waals surface area contributed by atoms with Crippen molar-refractivity contribution in [3.63, 3.8) is 0 Å². The Labute approximate surface area is 1560 Å². The van der Waals surface area contributed by atoms with Crippen molar-refractivity contribution >= 4 is 13.4 Å². The zero-order chi connectivity index (χ0) is 42.5. The number of hydrogen-bond acceptors (Lipinski definition) is 0. The molecule has 0 nitrogen and oxygen atoms in total. The largest absolute Gasteiger partial charge is 3.00 e. The molecular formula is C62H159B2Y36-14. The van der Waals surface area contributed by atoms with Crippen molar-refractivity contribution in [1.29, 1.82) is 0 Å². The van der Waals surface area contributed by atoms with Crippen molar-refractivity contribution in [2.75, 3.05) is 0 Å².